The first kappa shape index (κ1) is 28.7. The zero-order chi connectivity index (χ0) is 30.2. The first-order chi connectivity index (χ1) is 20.0. The average Bonchev–Trinajstić information content (AvgIpc) is 3.35. The number of carbonyl (C=O) groups excluding carboxylic acids is 2. The van der Waals surface area contributed by atoms with Crippen LogP contribution in [0, 0.1) is 5.82 Å². The maximum Gasteiger partial charge on any atom is 0.414 e. The van der Waals surface area contributed by atoms with Crippen LogP contribution in [-0.2, 0) is 9.47 Å². The van der Waals surface area contributed by atoms with Gasteiger partial charge in [0, 0.05) is 32.6 Å². The summed E-state index contributed by atoms with van der Waals surface area (Å²) in [6, 6.07) is 7.00. The van der Waals surface area contributed by atoms with Crippen molar-refractivity contribution in [2.75, 3.05) is 24.4 Å². The van der Waals surface area contributed by atoms with Gasteiger partial charge in [0.05, 0.1) is 24.0 Å². The van der Waals surface area contributed by atoms with E-state index in [-0.39, 0.29) is 46.5 Å². The summed E-state index contributed by atoms with van der Waals surface area (Å²) in [5, 5.41) is 10.4. The standard InChI is InChI=1S/C28H31FN8O5/c1-28(2,3)42-27(40)35(4)19-14-22(32-18-9-7-13-36(26(18)39)23-16(29)8-6-12-30-23)34-37-20(15-31-24(19)37)25(38)33-17-10-11-21(17)41-5/h6-9,12-15,17,21H,10-11H2,1-5H3,(H,32,34)(H,33,38)/t17-,21-/m1/s1. The van der Waals surface area contributed by atoms with E-state index in [0.717, 1.165) is 17.4 Å². The molecule has 2 amide bonds. The van der Waals surface area contributed by atoms with Gasteiger partial charge in [-0.2, -0.15) is 0 Å². The third-order valence-corrected chi connectivity index (χ3v) is 6.72. The van der Waals surface area contributed by atoms with Crippen LogP contribution in [0.25, 0.3) is 11.5 Å². The zero-order valence-electron chi connectivity index (χ0n) is 23.8. The van der Waals surface area contributed by atoms with Gasteiger partial charge in [-0.05, 0) is 57.9 Å². The number of nitrogens with one attached hydrogen (secondary N) is 2. The fourth-order valence-corrected chi connectivity index (χ4v) is 4.45. The highest BCUT2D eigenvalue weighted by Gasteiger charge is 2.33. The Kier molecular flexibility index (Phi) is 7.65. The fraction of sp³-hybridized carbons (Fsp3) is 0.357. The largest absolute Gasteiger partial charge is 0.443 e. The molecule has 0 spiro atoms. The Morgan fingerprint density at radius 1 is 1.17 bits per heavy atom. The molecule has 1 saturated carbocycles. The van der Waals surface area contributed by atoms with Gasteiger partial charge in [0.2, 0.25) is 0 Å². The molecule has 0 unspecified atom stereocenters. The van der Waals surface area contributed by atoms with E-state index in [1.807, 2.05) is 0 Å². The Balaban J connectivity index is 1.57. The molecule has 1 fully saturated rings. The van der Waals surface area contributed by atoms with Crippen molar-refractivity contribution in [1.82, 2.24) is 29.5 Å². The smallest absolute Gasteiger partial charge is 0.414 e. The SMILES string of the molecule is CO[C@@H]1CC[C@H]1NC(=O)c1cnc2c(N(C)C(=O)OC(C)(C)C)cc(Nc3cccn(-c4ncccc4F)c3=O)nn12. The van der Waals surface area contributed by atoms with Gasteiger partial charge >= 0.3 is 6.09 Å². The predicted molar refractivity (Wildman–Crippen MR) is 152 cm³/mol. The summed E-state index contributed by atoms with van der Waals surface area (Å²) in [6.07, 6.45) is 4.98. The van der Waals surface area contributed by atoms with Crippen LogP contribution in [0.1, 0.15) is 44.1 Å². The van der Waals surface area contributed by atoms with Crippen LogP contribution in [0.2, 0.25) is 0 Å². The van der Waals surface area contributed by atoms with Gasteiger partial charge in [-0.25, -0.2) is 23.7 Å². The highest BCUT2D eigenvalue weighted by Crippen LogP contribution is 2.27. The first-order valence-electron chi connectivity index (χ1n) is 13.3. The number of ether oxygens (including phenoxy) is 2. The highest BCUT2D eigenvalue weighted by atomic mass is 19.1. The van der Waals surface area contributed by atoms with E-state index in [0.29, 0.717) is 0 Å². The Morgan fingerprint density at radius 3 is 2.62 bits per heavy atom. The van der Waals surface area contributed by atoms with E-state index >= 15 is 0 Å². The molecule has 0 radical (unpaired) electrons. The lowest BCUT2D eigenvalue weighted by Crippen LogP contribution is -2.51. The minimum atomic E-state index is -0.771. The van der Waals surface area contributed by atoms with Gasteiger partial charge in [0.15, 0.2) is 28.8 Å². The van der Waals surface area contributed by atoms with Gasteiger partial charge in [-0.3, -0.25) is 19.1 Å². The van der Waals surface area contributed by atoms with Gasteiger partial charge in [0.1, 0.15) is 11.3 Å². The predicted octanol–water partition coefficient (Wildman–Crippen LogP) is 3.44. The number of carbonyl (C=O) groups is 2. The van der Waals surface area contributed by atoms with Gasteiger partial charge in [0.25, 0.3) is 11.5 Å². The van der Waals surface area contributed by atoms with Gasteiger partial charge in [-0.15, -0.1) is 5.10 Å². The number of hydrogen-bond donors (Lipinski definition) is 2. The Labute approximate surface area is 240 Å². The molecule has 0 bridgehead atoms. The fourth-order valence-electron chi connectivity index (χ4n) is 4.45. The second kappa shape index (κ2) is 11.2. The third kappa shape index (κ3) is 5.65. The number of hydrogen-bond acceptors (Lipinski definition) is 9. The van der Waals surface area contributed by atoms with E-state index in [1.165, 1.54) is 59.3 Å². The molecular formula is C28H31FN8O5. The lowest BCUT2D eigenvalue weighted by atomic mass is 9.89. The number of imidazole rings is 1. The molecule has 1 aliphatic carbocycles. The van der Waals surface area contributed by atoms with Crippen LogP contribution < -0.4 is 21.1 Å². The number of rotatable bonds is 7. The summed E-state index contributed by atoms with van der Waals surface area (Å²) in [5.41, 5.74) is -0.757. The molecule has 2 atom stereocenters. The lowest BCUT2D eigenvalue weighted by Gasteiger charge is -2.35. The van der Waals surface area contributed by atoms with E-state index < -0.39 is 29.0 Å². The molecule has 14 heteroatoms. The molecule has 42 heavy (non-hydrogen) atoms. The summed E-state index contributed by atoms with van der Waals surface area (Å²) in [5.74, 6) is -1.17. The van der Waals surface area contributed by atoms with Crippen LogP contribution >= 0.6 is 0 Å². The number of methoxy groups -OCH3 is 1. The van der Waals surface area contributed by atoms with E-state index in [9.17, 15) is 18.8 Å². The van der Waals surface area contributed by atoms with Crippen LogP contribution in [0.5, 0.6) is 0 Å². The molecule has 4 aromatic heterocycles. The number of nitrogens with zero attached hydrogens (tertiary/aromatic N) is 6. The molecule has 4 aromatic rings. The zero-order valence-corrected chi connectivity index (χ0v) is 23.8. The molecule has 1 aliphatic rings. The van der Waals surface area contributed by atoms with Gasteiger partial charge < -0.3 is 20.1 Å². The van der Waals surface area contributed by atoms with E-state index in [2.05, 4.69) is 25.7 Å². The van der Waals surface area contributed by atoms with Crippen molar-refractivity contribution >= 4 is 34.8 Å². The number of halogens is 1. The summed E-state index contributed by atoms with van der Waals surface area (Å²) in [4.78, 5) is 49.1. The molecule has 0 aromatic carbocycles. The number of pyridine rings is 2. The Morgan fingerprint density at radius 2 is 1.95 bits per heavy atom. The first-order valence-corrected chi connectivity index (χ1v) is 13.3. The number of anilines is 3. The lowest BCUT2D eigenvalue weighted by molar-refractivity contribution is 0.00718. The number of fused-ring (bicyclic) bond motifs is 1. The van der Waals surface area contributed by atoms with E-state index in [4.69, 9.17) is 9.47 Å². The van der Waals surface area contributed by atoms with Crippen molar-refractivity contribution in [3.05, 3.63) is 70.8 Å². The van der Waals surface area contributed by atoms with E-state index in [1.54, 1.807) is 33.9 Å². The molecule has 5 rings (SSSR count). The van der Waals surface area contributed by atoms with Crippen LogP contribution in [0.3, 0.4) is 0 Å². The van der Waals surface area contributed by atoms with Crippen LogP contribution in [-0.4, -0.2) is 68.1 Å². The van der Waals surface area contributed by atoms with Crippen molar-refractivity contribution in [2.45, 2.75) is 51.4 Å². The van der Waals surface area contributed by atoms with Crippen LogP contribution in [0.15, 0.2) is 53.7 Å². The number of amides is 2. The summed E-state index contributed by atoms with van der Waals surface area (Å²) in [7, 11) is 3.09. The third-order valence-electron chi connectivity index (χ3n) is 6.72. The topological polar surface area (TPSA) is 145 Å². The quantitative estimate of drug-likeness (QED) is 0.337. The Hall–Kier alpha value is -4.85. The molecule has 0 aliphatic heterocycles. The molecular weight excluding hydrogens is 547 g/mol. The molecule has 13 nitrogen and oxygen atoms in total. The molecule has 4 heterocycles. The maximum absolute atomic E-state index is 14.4. The Bertz CT molecular complexity index is 1710. The van der Waals surface area contributed by atoms with Gasteiger partial charge in [-0.1, -0.05) is 0 Å². The second-order valence-electron chi connectivity index (χ2n) is 10.8. The monoisotopic (exact) mass is 578 g/mol. The van der Waals surface area contributed by atoms with Crippen molar-refractivity contribution in [3.8, 4) is 5.82 Å². The average molecular weight is 579 g/mol. The van der Waals surface area contributed by atoms with Crippen molar-refractivity contribution in [2.24, 2.45) is 0 Å². The minimum Gasteiger partial charge on any atom is -0.443 e. The second-order valence-corrected chi connectivity index (χ2v) is 10.8. The molecule has 2 N–H and O–H groups in total. The summed E-state index contributed by atoms with van der Waals surface area (Å²) < 4.78 is 27.7. The molecule has 220 valence electrons. The maximum atomic E-state index is 14.4. The summed E-state index contributed by atoms with van der Waals surface area (Å²) in [6.45, 7) is 5.22. The van der Waals surface area contributed by atoms with Crippen LogP contribution in [0.4, 0.5) is 26.4 Å². The van der Waals surface area contributed by atoms with Crippen molar-refractivity contribution in [1.29, 1.82) is 0 Å². The summed E-state index contributed by atoms with van der Waals surface area (Å²) >= 11 is 0. The normalized spacial score (nSPS) is 16.5. The highest BCUT2D eigenvalue weighted by molar-refractivity contribution is 5.96. The number of aromatic nitrogens is 5. The van der Waals surface area contributed by atoms with Crippen molar-refractivity contribution in [3.63, 3.8) is 0 Å². The van der Waals surface area contributed by atoms with Crippen molar-refractivity contribution < 1.29 is 23.5 Å². The minimum absolute atomic E-state index is 0.0452. The molecule has 0 saturated heterocycles.